The quantitative estimate of drug-likeness (QED) is 0.773. The van der Waals surface area contributed by atoms with Gasteiger partial charge < -0.3 is 10.1 Å². The minimum atomic E-state index is -0.121. The summed E-state index contributed by atoms with van der Waals surface area (Å²) in [4.78, 5) is 13.1. The fourth-order valence-corrected chi connectivity index (χ4v) is 3.31. The SMILES string of the molecule is COc1ccc(C)cc1C(C)NC(=O)CSc1ccccc1Cl. The van der Waals surface area contributed by atoms with Crippen molar-refractivity contribution in [3.8, 4) is 5.75 Å². The van der Waals surface area contributed by atoms with Gasteiger partial charge in [-0.05, 0) is 32.0 Å². The molecule has 1 atom stereocenters. The number of ether oxygens (including phenoxy) is 1. The molecule has 0 aromatic heterocycles. The molecule has 2 aromatic rings. The Morgan fingerprint density at radius 3 is 2.74 bits per heavy atom. The molecule has 2 aromatic carbocycles. The third-order valence-corrected chi connectivity index (χ3v) is 4.94. The molecule has 0 radical (unpaired) electrons. The second kappa shape index (κ2) is 8.27. The minimum absolute atomic E-state index is 0.0361. The summed E-state index contributed by atoms with van der Waals surface area (Å²) in [6, 6.07) is 13.3. The van der Waals surface area contributed by atoms with Crippen molar-refractivity contribution in [2.24, 2.45) is 0 Å². The summed E-state index contributed by atoms with van der Waals surface area (Å²) in [5.74, 6) is 1.07. The first-order valence-electron chi connectivity index (χ1n) is 7.32. The fraction of sp³-hybridized carbons (Fsp3) is 0.278. The normalized spacial score (nSPS) is 11.8. The van der Waals surface area contributed by atoms with Gasteiger partial charge in [0.2, 0.25) is 5.91 Å². The highest BCUT2D eigenvalue weighted by atomic mass is 35.5. The van der Waals surface area contributed by atoms with Crippen LogP contribution >= 0.6 is 23.4 Å². The van der Waals surface area contributed by atoms with Crippen LogP contribution in [-0.2, 0) is 4.79 Å². The summed E-state index contributed by atoms with van der Waals surface area (Å²) in [5, 5.41) is 3.67. The van der Waals surface area contributed by atoms with Gasteiger partial charge in [0.15, 0.2) is 0 Å². The minimum Gasteiger partial charge on any atom is -0.496 e. The molecule has 0 saturated heterocycles. The zero-order chi connectivity index (χ0) is 16.8. The van der Waals surface area contributed by atoms with E-state index in [-0.39, 0.29) is 11.9 Å². The van der Waals surface area contributed by atoms with Crippen molar-refractivity contribution in [2.75, 3.05) is 12.9 Å². The maximum Gasteiger partial charge on any atom is 0.230 e. The molecule has 122 valence electrons. The number of aryl methyl sites for hydroxylation is 1. The predicted octanol–water partition coefficient (Wildman–Crippen LogP) is 4.63. The number of thioether (sulfide) groups is 1. The molecular weight excluding hydrogens is 330 g/mol. The molecular formula is C18H20ClNO2S. The number of hydrogen-bond acceptors (Lipinski definition) is 3. The summed E-state index contributed by atoms with van der Waals surface area (Å²) in [7, 11) is 1.63. The molecule has 0 bridgehead atoms. The van der Waals surface area contributed by atoms with E-state index in [1.54, 1.807) is 7.11 Å². The van der Waals surface area contributed by atoms with Crippen molar-refractivity contribution in [1.82, 2.24) is 5.32 Å². The second-order valence-corrected chi connectivity index (χ2v) is 6.68. The number of benzene rings is 2. The lowest BCUT2D eigenvalue weighted by Crippen LogP contribution is -2.28. The van der Waals surface area contributed by atoms with Gasteiger partial charge in [0.05, 0.1) is 23.9 Å². The number of methoxy groups -OCH3 is 1. The van der Waals surface area contributed by atoms with Crippen molar-refractivity contribution in [1.29, 1.82) is 0 Å². The number of hydrogen-bond donors (Lipinski definition) is 1. The maximum absolute atomic E-state index is 12.2. The van der Waals surface area contributed by atoms with Gasteiger partial charge >= 0.3 is 0 Å². The van der Waals surface area contributed by atoms with Crippen LogP contribution in [0.1, 0.15) is 24.1 Å². The average molecular weight is 350 g/mol. The molecule has 5 heteroatoms. The van der Waals surface area contributed by atoms with Crippen molar-refractivity contribution in [2.45, 2.75) is 24.8 Å². The van der Waals surface area contributed by atoms with Crippen LogP contribution in [-0.4, -0.2) is 18.8 Å². The van der Waals surface area contributed by atoms with E-state index in [0.29, 0.717) is 10.8 Å². The van der Waals surface area contributed by atoms with E-state index in [1.807, 2.05) is 56.3 Å². The maximum atomic E-state index is 12.2. The van der Waals surface area contributed by atoms with Crippen molar-refractivity contribution in [3.63, 3.8) is 0 Å². The molecule has 0 aliphatic rings. The molecule has 1 unspecified atom stereocenters. The topological polar surface area (TPSA) is 38.3 Å². The third kappa shape index (κ3) is 4.91. The van der Waals surface area contributed by atoms with Gasteiger partial charge in [-0.15, -0.1) is 11.8 Å². The van der Waals surface area contributed by atoms with Gasteiger partial charge in [0, 0.05) is 10.5 Å². The predicted molar refractivity (Wildman–Crippen MR) is 96.5 cm³/mol. The Bertz CT molecular complexity index is 690. The highest BCUT2D eigenvalue weighted by Gasteiger charge is 2.14. The summed E-state index contributed by atoms with van der Waals surface area (Å²) >= 11 is 7.53. The van der Waals surface area contributed by atoms with Gasteiger partial charge in [-0.25, -0.2) is 0 Å². The number of nitrogens with one attached hydrogen (secondary N) is 1. The van der Waals surface area contributed by atoms with Gasteiger partial charge in [0.1, 0.15) is 5.75 Å². The summed E-state index contributed by atoms with van der Waals surface area (Å²) in [5.41, 5.74) is 2.11. The molecule has 1 amide bonds. The fourth-order valence-electron chi connectivity index (χ4n) is 2.26. The molecule has 1 N–H and O–H groups in total. The van der Waals surface area contributed by atoms with Crippen LogP contribution < -0.4 is 10.1 Å². The van der Waals surface area contributed by atoms with Crippen LogP contribution in [0, 0.1) is 6.92 Å². The van der Waals surface area contributed by atoms with E-state index in [4.69, 9.17) is 16.3 Å². The standard InChI is InChI=1S/C18H20ClNO2S/c1-12-8-9-16(22-3)14(10-12)13(2)20-18(21)11-23-17-7-5-4-6-15(17)19/h4-10,13H,11H2,1-3H3,(H,20,21). The van der Waals surface area contributed by atoms with Gasteiger partial charge in [0.25, 0.3) is 0 Å². The van der Waals surface area contributed by atoms with Crippen molar-refractivity contribution in [3.05, 3.63) is 58.6 Å². The lowest BCUT2D eigenvalue weighted by atomic mass is 10.0. The van der Waals surface area contributed by atoms with E-state index >= 15 is 0 Å². The highest BCUT2D eigenvalue weighted by Crippen LogP contribution is 2.28. The molecule has 0 spiro atoms. The Morgan fingerprint density at radius 2 is 2.04 bits per heavy atom. The van der Waals surface area contributed by atoms with Crippen LogP contribution in [0.15, 0.2) is 47.4 Å². The van der Waals surface area contributed by atoms with Crippen LogP contribution in [0.3, 0.4) is 0 Å². The van der Waals surface area contributed by atoms with Crippen LogP contribution in [0.25, 0.3) is 0 Å². The monoisotopic (exact) mass is 349 g/mol. The van der Waals surface area contributed by atoms with Gasteiger partial charge in [-0.3, -0.25) is 4.79 Å². The van der Waals surface area contributed by atoms with E-state index in [0.717, 1.165) is 21.8 Å². The number of halogens is 1. The van der Waals surface area contributed by atoms with Crippen LogP contribution in [0.2, 0.25) is 5.02 Å². The first kappa shape index (κ1) is 17.7. The van der Waals surface area contributed by atoms with Crippen LogP contribution in [0.4, 0.5) is 0 Å². The summed E-state index contributed by atoms with van der Waals surface area (Å²) in [6.07, 6.45) is 0. The highest BCUT2D eigenvalue weighted by molar-refractivity contribution is 8.00. The molecule has 0 heterocycles. The summed E-state index contributed by atoms with van der Waals surface area (Å²) in [6.45, 7) is 3.97. The molecule has 3 nitrogen and oxygen atoms in total. The van der Waals surface area contributed by atoms with E-state index in [2.05, 4.69) is 5.32 Å². The Morgan fingerprint density at radius 1 is 1.30 bits per heavy atom. The molecule has 0 aliphatic heterocycles. The molecule has 2 rings (SSSR count). The second-order valence-electron chi connectivity index (χ2n) is 5.25. The van der Waals surface area contributed by atoms with E-state index < -0.39 is 0 Å². The molecule has 0 aliphatic carbocycles. The third-order valence-electron chi connectivity index (χ3n) is 3.42. The lowest BCUT2D eigenvalue weighted by molar-refractivity contribution is -0.119. The van der Waals surface area contributed by atoms with Gasteiger partial charge in [-0.2, -0.15) is 0 Å². The number of rotatable bonds is 6. The van der Waals surface area contributed by atoms with Crippen molar-refractivity contribution < 1.29 is 9.53 Å². The Labute approximate surface area is 146 Å². The van der Waals surface area contributed by atoms with Crippen molar-refractivity contribution >= 4 is 29.3 Å². The lowest BCUT2D eigenvalue weighted by Gasteiger charge is -2.18. The smallest absolute Gasteiger partial charge is 0.230 e. The molecule has 0 fully saturated rings. The first-order chi connectivity index (χ1) is 11.0. The zero-order valence-corrected chi connectivity index (χ0v) is 15.0. The summed E-state index contributed by atoms with van der Waals surface area (Å²) < 4.78 is 5.37. The van der Waals surface area contributed by atoms with Gasteiger partial charge in [-0.1, -0.05) is 41.4 Å². The zero-order valence-electron chi connectivity index (χ0n) is 13.4. The van der Waals surface area contributed by atoms with E-state index in [1.165, 1.54) is 11.8 Å². The largest absolute Gasteiger partial charge is 0.496 e. The Balaban J connectivity index is 1.97. The number of carbonyl (C=O) groups is 1. The van der Waals surface area contributed by atoms with Crippen LogP contribution in [0.5, 0.6) is 5.75 Å². The van der Waals surface area contributed by atoms with E-state index in [9.17, 15) is 4.79 Å². The molecule has 23 heavy (non-hydrogen) atoms. The molecule has 0 saturated carbocycles. The Hall–Kier alpha value is -1.65. The Kier molecular flexibility index (Phi) is 6.37. The number of carbonyl (C=O) groups excluding carboxylic acids is 1. The average Bonchev–Trinajstić information content (AvgIpc) is 2.54. The number of amides is 1. The first-order valence-corrected chi connectivity index (χ1v) is 8.69.